The molecule has 0 saturated carbocycles. The molecule has 0 bridgehead atoms. The summed E-state index contributed by atoms with van der Waals surface area (Å²) in [6.07, 6.45) is 0. The SMILES string of the molecule is COC(=O)c1c(F)c(Cl)cc(N)c1N(C)CCCl. The molecule has 4 nitrogen and oxygen atoms in total. The first kappa shape index (κ1) is 14.9. The van der Waals surface area contributed by atoms with Crippen molar-refractivity contribution in [3.05, 3.63) is 22.5 Å². The highest BCUT2D eigenvalue weighted by molar-refractivity contribution is 6.31. The Morgan fingerprint density at radius 2 is 2.22 bits per heavy atom. The molecule has 1 aromatic carbocycles. The number of esters is 1. The molecule has 0 amide bonds. The number of anilines is 2. The van der Waals surface area contributed by atoms with Crippen LogP contribution in [0.2, 0.25) is 5.02 Å². The Labute approximate surface area is 114 Å². The summed E-state index contributed by atoms with van der Waals surface area (Å²) < 4.78 is 18.5. The van der Waals surface area contributed by atoms with Crippen LogP contribution in [0.15, 0.2) is 6.07 Å². The van der Waals surface area contributed by atoms with Gasteiger partial charge < -0.3 is 15.4 Å². The molecule has 0 saturated heterocycles. The zero-order chi connectivity index (χ0) is 13.9. The summed E-state index contributed by atoms with van der Waals surface area (Å²) in [5.74, 6) is -1.38. The van der Waals surface area contributed by atoms with Gasteiger partial charge >= 0.3 is 5.97 Å². The van der Waals surface area contributed by atoms with Crippen molar-refractivity contribution >= 4 is 40.5 Å². The molecule has 100 valence electrons. The molecule has 1 aromatic rings. The zero-order valence-electron chi connectivity index (χ0n) is 9.97. The molecule has 0 atom stereocenters. The second-order valence-electron chi connectivity index (χ2n) is 3.59. The van der Waals surface area contributed by atoms with Crippen molar-refractivity contribution in [3.8, 4) is 0 Å². The number of ether oxygens (including phenoxy) is 1. The highest BCUT2D eigenvalue weighted by Gasteiger charge is 2.25. The summed E-state index contributed by atoms with van der Waals surface area (Å²) >= 11 is 11.3. The smallest absolute Gasteiger partial charge is 0.343 e. The number of nitrogens with zero attached hydrogens (tertiary/aromatic N) is 1. The molecule has 0 unspecified atom stereocenters. The van der Waals surface area contributed by atoms with Crippen LogP contribution in [0, 0.1) is 5.82 Å². The Morgan fingerprint density at radius 3 is 2.72 bits per heavy atom. The van der Waals surface area contributed by atoms with E-state index in [0.29, 0.717) is 12.4 Å². The molecule has 0 aliphatic rings. The monoisotopic (exact) mass is 294 g/mol. The van der Waals surface area contributed by atoms with Gasteiger partial charge in [-0.15, -0.1) is 11.6 Å². The number of rotatable bonds is 4. The van der Waals surface area contributed by atoms with E-state index in [4.69, 9.17) is 28.9 Å². The number of carbonyl (C=O) groups is 1. The maximum absolute atomic E-state index is 13.9. The molecule has 2 N–H and O–H groups in total. The zero-order valence-corrected chi connectivity index (χ0v) is 11.5. The van der Waals surface area contributed by atoms with Gasteiger partial charge in [-0.3, -0.25) is 0 Å². The van der Waals surface area contributed by atoms with E-state index in [-0.39, 0.29) is 22.0 Å². The van der Waals surface area contributed by atoms with Crippen molar-refractivity contribution < 1.29 is 13.9 Å². The Kier molecular flexibility index (Phi) is 5.04. The fourth-order valence-corrected chi connectivity index (χ4v) is 2.04. The minimum absolute atomic E-state index is 0.189. The molecular formula is C11H13Cl2FN2O2. The average Bonchev–Trinajstić information content (AvgIpc) is 2.32. The summed E-state index contributed by atoms with van der Waals surface area (Å²) in [4.78, 5) is 13.2. The van der Waals surface area contributed by atoms with Gasteiger partial charge in [-0.25, -0.2) is 9.18 Å². The lowest BCUT2D eigenvalue weighted by molar-refractivity contribution is 0.0596. The summed E-state index contributed by atoms with van der Waals surface area (Å²) in [6.45, 7) is 0.400. The fraction of sp³-hybridized carbons (Fsp3) is 0.364. The van der Waals surface area contributed by atoms with Gasteiger partial charge in [0.15, 0.2) is 5.82 Å². The lowest BCUT2D eigenvalue weighted by atomic mass is 10.1. The van der Waals surface area contributed by atoms with Gasteiger partial charge in [0.1, 0.15) is 5.56 Å². The van der Waals surface area contributed by atoms with Gasteiger partial charge in [0.25, 0.3) is 0 Å². The predicted octanol–water partition coefficient (Wildman–Crippen LogP) is 2.52. The minimum Gasteiger partial charge on any atom is -0.465 e. The number of methoxy groups -OCH3 is 1. The molecule has 0 radical (unpaired) electrons. The van der Waals surface area contributed by atoms with Crippen molar-refractivity contribution in [3.63, 3.8) is 0 Å². The third-order valence-corrected chi connectivity index (χ3v) is 2.86. The number of benzene rings is 1. The topological polar surface area (TPSA) is 55.6 Å². The van der Waals surface area contributed by atoms with Crippen LogP contribution in [-0.4, -0.2) is 32.6 Å². The van der Waals surface area contributed by atoms with Crippen molar-refractivity contribution in [2.45, 2.75) is 0 Å². The second-order valence-corrected chi connectivity index (χ2v) is 4.37. The number of halogens is 3. The predicted molar refractivity (Wildman–Crippen MR) is 71.2 cm³/mol. The van der Waals surface area contributed by atoms with Crippen LogP contribution in [0.5, 0.6) is 0 Å². The van der Waals surface area contributed by atoms with Crippen molar-refractivity contribution in [2.75, 3.05) is 37.2 Å². The fourth-order valence-electron chi connectivity index (χ4n) is 1.57. The van der Waals surface area contributed by atoms with Crippen LogP contribution >= 0.6 is 23.2 Å². The molecule has 7 heteroatoms. The molecule has 0 heterocycles. The summed E-state index contributed by atoms with van der Waals surface area (Å²) in [5.41, 5.74) is 5.90. The minimum atomic E-state index is -0.853. The Morgan fingerprint density at radius 1 is 1.61 bits per heavy atom. The number of hydrogen-bond acceptors (Lipinski definition) is 4. The van der Waals surface area contributed by atoms with Crippen LogP contribution < -0.4 is 10.6 Å². The average molecular weight is 295 g/mol. The van der Waals surface area contributed by atoms with E-state index in [1.54, 1.807) is 11.9 Å². The third kappa shape index (κ3) is 2.79. The summed E-state index contributed by atoms with van der Waals surface area (Å²) in [7, 11) is 2.80. The number of hydrogen-bond donors (Lipinski definition) is 1. The molecular weight excluding hydrogens is 282 g/mol. The summed E-state index contributed by atoms with van der Waals surface area (Å²) in [5, 5.41) is -0.226. The Balaban J connectivity index is 3.47. The van der Waals surface area contributed by atoms with E-state index in [0.717, 1.165) is 7.11 Å². The van der Waals surface area contributed by atoms with Gasteiger partial charge in [0.2, 0.25) is 0 Å². The standard InChI is InChI=1S/C11H13Cl2FN2O2/c1-16(4-3-12)10-7(15)5-6(13)9(14)8(10)11(17)18-2/h5H,3-4,15H2,1-2H3. The number of nitrogens with two attached hydrogens (primary N) is 1. The molecule has 0 aliphatic heterocycles. The van der Waals surface area contributed by atoms with Gasteiger partial charge in [-0.05, 0) is 6.07 Å². The highest BCUT2D eigenvalue weighted by Crippen LogP contribution is 2.34. The quantitative estimate of drug-likeness (QED) is 0.527. The first-order valence-corrected chi connectivity index (χ1v) is 5.98. The van der Waals surface area contributed by atoms with Crippen LogP contribution in [-0.2, 0) is 4.74 Å². The maximum Gasteiger partial charge on any atom is 0.343 e. The van der Waals surface area contributed by atoms with E-state index in [1.807, 2.05) is 0 Å². The Bertz CT molecular complexity index is 469. The van der Waals surface area contributed by atoms with Crippen LogP contribution in [0.25, 0.3) is 0 Å². The molecule has 0 spiro atoms. The van der Waals surface area contributed by atoms with Crippen LogP contribution in [0.3, 0.4) is 0 Å². The molecule has 0 aromatic heterocycles. The second kappa shape index (κ2) is 6.11. The first-order valence-electron chi connectivity index (χ1n) is 5.06. The first-order chi connectivity index (χ1) is 8.43. The number of carbonyl (C=O) groups excluding carboxylic acids is 1. The van der Waals surface area contributed by atoms with Crippen molar-refractivity contribution in [2.24, 2.45) is 0 Å². The third-order valence-electron chi connectivity index (χ3n) is 2.41. The van der Waals surface area contributed by atoms with E-state index in [9.17, 15) is 9.18 Å². The van der Waals surface area contributed by atoms with E-state index in [2.05, 4.69) is 4.74 Å². The van der Waals surface area contributed by atoms with Gasteiger partial charge in [-0.1, -0.05) is 11.6 Å². The van der Waals surface area contributed by atoms with Crippen LogP contribution in [0.1, 0.15) is 10.4 Å². The molecule has 0 aliphatic carbocycles. The normalized spacial score (nSPS) is 10.3. The lowest BCUT2D eigenvalue weighted by Crippen LogP contribution is -2.24. The number of nitrogen functional groups attached to an aromatic ring is 1. The van der Waals surface area contributed by atoms with Crippen molar-refractivity contribution in [1.82, 2.24) is 0 Å². The largest absolute Gasteiger partial charge is 0.465 e. The number of alkyl halides is 1. The van der Waals surface area contributed by atoms with Gasteiger partial charge in [0, 0.05) is 19.5 Å². The molecule has 0 fully saturated rings. The maximum atomic E-state index is 13.9. The van der Waals surface area contributed by atoms with E-state index in [1.165, 1.54) is 6.07 Å². The molecule has 1 rings (SSSR count). The lowest BCUT2D eigenvalue weighted by Gasteiger charge is -2.23. The molecule has 18 heavy (non-hydrogen) atoms. The highest BCUT2D eigenvalue weighted by atomic mass is 35.5. The van der Waals surface area contributed by atoms with E-state index < -0.39 is 11.8 Å². The summed E-state index contributed by atoms with van der Waals surface area (Å²) in [6, 6.07) is 1.25. The van der Waals surface area contributed by atoms with Gasteiger partial charge in [0.05, 0.1) is 23.5 Å². The van der Waals surface area contributed by atoms with Gasteiger partial charge in [-0.2, -0.15) is 0 Å². The Hall–Kier alpha value is -1.20. The van der Waals surface area contributed by atoms with Crippen LogP contribution in [0.4, 0.5) is 15.8 Å². The van der Waals surface area contributed by atoms with E-state index >= 15 is 0 Å². The van der Waals surface area contributed by atoms with Crippen molar-refractivity contribution in [1.29, 1.82) is 0 Å².